The van der Waals surface area contributed by atoms with E-state index in [0.717, 1.165) is 12.1 Å². The van der Waals surface area contributed by atoms with Gasteiger partial charge in [-0.1, -0.05) is 13.0 Å². The Morgan fingerprint density at radius 1 is 1.45 bits per heavy atom. The number of nitrogens with one attached hydrogen (secondary N) is 1. The van der Waals surface area contributed by atoms with Crippen molar-refractivity contribution in [2.75, 3.05) is 30.8 Å². The number of hydrogen-bond donors (Lipinski definition) is 2. The van der Waals surface area contributed by atoms with Crippen molar-refractivity contribution in [1.29, 1.82) is 0 Å². The van der Waals surface area contributed by atoms with Crippen molar-refractivity contribution in [2.45, 2.75) is 33.2 Å². The second-order valence-corrected chi connectivity index (χ2v) is 5.12. The molecule has 5 heteroatoms. The van der Waals surface area contributed by atoms with Gasteiger partial charge in [-0.15, -0.1) is 0 Å². The van der Waals surface area contributed by atoms with Crippen LogP contribution in [-0.2, 0) is 4.79 Å². The van der Waals surface area contributed by atoms with E-state index in [2.05, 4.69) is 5.32 Å². The van der Waals surface area contributed by atoms with E-state index in [4.69, 9.17) is 10.5 Å². The minimum absolute atomic E-state index is 0.0261. The van der Waals surface area contributed by atoms with Gasteiger partial charge in [0.25, 0.3) is 0 Å². The van der Waals surface area contributed by atoms with Gasteiger partial charge in [0, 0.05) is 13.1 Å². The number of carbonyl (C=O) groups excluding carboxylic acids is 1. The van der Waals surface area contributed by atoms with Crippen molar-refractivity contribution in [3.63, 3.8) is 0 Å². The maximum Gasteiger partial charge on any atom is 0.239 e. The Morgan fingerprint density at radius 2 is 2.15 bits per heavy atom. The van der Waals surface area contributed by atoms with Gasteiger partial charge < -0.3 is 20.7 Å². The number of likely N-dealkylation sites (N-methyl/N-ethyl adjacent to an activating group) is 1. The molecule has 20 heavy (non-hydrogen) atoms. The fourth-order valence-corrected chi connectivity index (χ4v) is 1.87. The molecule has 0 heterocycles. The lowest BCUT2D eigenvalue weighted by Gasteiger charge is -2.22. The van der Waals surface area contributed by atoms with E-state index >= 15 is 0 Å². The van der Waals surface area contributed by atoms with Gasteiger partial charge in [0.1, 0.15) is 5.75 Å². The minimum Gasteiger partial charge on any atom is -0.491 e. The molecule has 0 fully saturated rings. The number of para-hydroxylation sites is 1. The standard InChI is InChI=1S/C15H25N3O2/c1-5-9-20-13-8-6-7-12(15(13)16)18(4)10-14(19)17-11(2)3/h6-8,11H,5,9-10,16H2,1-4H3,(H,17,19). The fourth-order valence-electron chi connectivity index (χ4n) is 1.87. The summed E-state index contributed by atoms with van der Waals surface area (Å²) in [5.74, 6) is 0.641. The molecule has 0 aliphatic carbocycles. The molecule has 0 aromatic heterocycles. The first-order chi connectivity index (χ1) is 9.45. The highest BCUT2D eigenvalue weighted by Crippen LogP contribution is 2.31. The van der Waals surface area contributed by atoms with Crippen molar-refractivity contribution in [3.05, 3.63) is 18.2 Å². The minimum atomic E-state index is -0.0261. The highest BCUT2D eigenvalue weighted by molar-refractivity contribution is 5.84. The lowest BCUT2D eigenvalue weighted by molar-refractivity contribution is -0.120. The monoisotopic (exact) mass is 279 g/mol. The number of ether oxygens (including phenoxy) is 1. The summed E-state index contributed by atoms with van der Waals surface area (Å²) >= 11 is 0. The van der Waals surface area contributed by atoms with Crippen LogP contribution in [0, 0.1) is 0 Å². The van der Waals surface area contributed by atoms with E-state index in [1.807, 2.05) is 50.9 Å². The van der Waals surface area contributed by atoms with Gasteiger partial charge in [-0.05, 0) is 32.4 Å². The van der Waals surface area contributed by atoms with E-state index in [1.54, 1.807) is 0 Å². The number of anilines is 2. The molecule has 0 aliphatic heterocycles. The van der Waals surface area contributed by atoms with Gasteiger partial charge in [-0.3, -0.25) is 4.79 Å². The largest absolute Gasteiger partial charge is 0.491 e. The molecule has 0 bridgehead atoms. The first-order valence-electron chi connectivity index (χ1n) is 6.97. The first-order valence-corrected chi connectivity index (χ1v) is 6.97. The summed E-state index contributed by atoms with van der Waals surface area (Å²) in [6.07, 6.45) is 0.927. The number of nitrogens with zero attached hydrogens (tertiary/aromatic N) is 1. The Hall–Kier alpha value is -1.91. The number of amides is 1. The van der Waals surface area contributed by atoms with Crippen molar-refractivity contribution < 1.29 is 9.53 Å². The van der Waals surface area contributed by atoms with Gasteiger partial charge >= 0.3 is 0 Å². The Balaban J connectivity index is 2.77. The summed E-state index contributed by atoms with van der Waals surface area (Å²) in [6.45, 7) is 6.81. The van der Waals surface area contributed by atoms with Crippen LogP contribution in [0.2, 0.25) is 0 Å². The zero-order valence-corrected chi connectivity index (χ0v) is 12.8. The number of benzene rings is 1. The van der Waals surface area contributed by atoms with Crippen molar-refractivity contribution in [1.82, 2.24) is 5.32 Å². The first kappa shape index (κ1) is 16.1. The summed E-state index contributed by atoms with van der Waals surface area (Å²) in [5, 5.41) is 2.86. The molecule has 0 saturated heterocycles. The average molecular weight is 279 g/mol. The summed E-state index contributed by atoms with van der Waals surface area (Å²) < 4.78 is 5.59. The Bertz CT molecular complexity index is 447. The number of hydrogen-bond acceptors (Lipinski definition) is 4. The molecular formula is C15H25N3O2. The Morgan fingerprint density at radius 3 is 2.75 bits per heavy atom. The van der Waals surface area contributed by atoms with E-state index in [9.17, 15) is 4.79 Å². The van der Waals surface area contributed by atoms with Crippen LogP contribution < -0.4 is 20.7 Å². The maximum absolute atomic E-state index is 11.8. The van der Waals surface area contributed by atoms with Gasteiger partial charge in [-0.25, -0.2) is 0 Å². The lowest BCUT2D eigenvalue weighted by atomic mass is 10.2. The molecule has 112 valence electrons. The third kappa shape index (κ3) is 4.64. The van der Waals surface area contributed by atoms with Gasteiger partial charge in [0.2, 0.25) is 5.91 Å². The summed E-state index contributed by atoms with van der Waals surface area (Å²) in [4.78, 5) is 13.6. The number of rotatable bonds is 7. The van der Waals surface area contributed by atoms with Crippen molar-refractivity contribution in [2.24, 2.45) is 0 Å². The molecule has 3 N–H and O–H groups in total. The topological polar surface area (TPSA) is 67.6 Å². The number of nitrogens with two attached hydrogens (primary N) is 1. The van der Waals surface area contributed by atoms with Crippen molar-refractivity contribution in [3.8, 4) is 5.75 Å². The third-order valence-corrected chi connectivity index (χ3v) is 2.75. The van der Waals surface area contributed by atoms with Gasteiger partial charge in [0.15, 0.2) is 0 Å². The lowest BCUT2D eigenvalue weighted by Crippen LogP contribution is -2.38. The number of carbonyl (C=O) groups is 1. The molecular weight excluding hydrogens is 254 g/mol. The van der Waals surface area contributed by atoms with Crippen LogP contribution in [0.5, 0.6) is 5.75 Å². The highest BCUT2D eigenvalue weighted by Gasteiger charge is 2.13. The van der Waals surface area contributed by atoms with Crippen LogP contribution >= 0.6 is 0 Å². The average Bonchev–Trinajstić information content (AvgIpc) is 2.36. The normalized spacial score (nSPS) is 10.4. The highest BCUT2D eigenvalue weighted by atomic mass is 16.5. The second kappa shape index (κ2) is 7.62. The van der Waals surface area contributed by atoms with Crippen LogP contribution in [-0.4, -0.2) is 32.1 Å². The van der Waals surface area contributed by atoms with Crippen LogP contribution in [0.1, 0.15) is 27.2 Å². The second-order valence-electron chi connectivity index (χ2n) is 5.12. The van der Waals surface area contributed by atoms with E-state index in [-0.39, 0.29) is 18.5 Å². The summed E-state index contributed by atoms with van der Waals surface area (Å²) in [6, 6.07) is 5.74. The molecule has 1 rings (SSSR count). The zero-order valence-electron chi connectivity index (χ0n) is 12.8. The maximum atomic E-state index is 11.8. The summed E-state index contributed by atoms with van der Waals surface area (Å²) in [5.41, 5.74) is 7.48. The molecule has 0 atom stereocenters. The molecule has 1 aromatic carbocycles. The molecule has 0 unspecified atom stereocenters. The Kier molecular flexibility index (Phi) is 6.15. The van der Waals surface area contributed by atoms with Gasteiger partial charge in [-0.2, -0.15) is 0 Å². The smallest absolute Gasteiger partial charge is 0.239 e. The van der Waals surface area contributed by atoms with Gasteiger partial charge in [0.05, 0.1) is 24.5 Å². The predicted molar refractivity (Wildman–Crippen MR) is 83.2 cm³/mol. The van der Waals surface area contributed by atoms with Crippen LogP contribution in [0.25, 0.3) is 0 Å². The summed E-state index contributed by atoms with van der Waals surface area (Å²) in [7, 11) is 1.84. The molecule has 5 nitrogen and oxygen atoms in total. The third-order valence-electron chi connectivity index (χ3n) is 2.75. The van der Waals surface area contributed by atoms with Crippen molar-refractivity contribution >= 4 is 17.3 Å². The fraction of sp³-hybridized carbons (Fsp3) is 0.533. The Labute approximate surface area is 121 Å². The SMILES string of the molecule is CCCOc1cccc(N(C)CC(=O)NC(C)C)c1N. The van der Waals surface area contributed by atoms with Crippen LogP contribution in [0.4, 0.5) is 11.4 Å². The predicted octanol–water partition coefficient (Wildman–Crippen LogP) is 2.02. The molecule has 0 spiro atoms. The van der Waals surface area contributed by atoms with Crippen LogP contribution in [0.3, 0.4) is 0 Å². The van der Waals surface area contributed by atoms with E-state index in [1.165, 1.54) is 0 Å². The molecule has 1 amide bonds. The quantitative estimate of drug-likeness (QED) is 0.749. The number of nitrogen functional groups attached to an aromatic ring is 1. The van der Waals surface area contributed by atoms with E-state index in [0.29, 0.717) is 18.0 Å². The molecule has 0 saturated carbocycles. The van der Waals surface area contributed by atoms with E-state index < -0.39 is 0 Å². The van der Waals surface area contributed by atoms with Crippen LogP contribution in [0.15, 0.2) is 18.2 Å². The molecule has 1 aromatic rings. The zero-order chi connectivity index (χ0) is 15.1. The molecule has 0 aliphatic rings. The molecule has 0 radical (unpaired) electrons.